The molecule has 22 heavy (non-hydrogen) atoms. The Labute approximate surface area is 134 Å². The molecule has 0 N–H and O–H groups in total. The van der Waals surface area contributed by atoms with Gasteiger partial charge in [0.15, 0.2) is 0 Å². The average Bonchev–Trinajstić information content (AvgIpc) is 3.22. The molecule has 0 aliphatic heterocycles. The standard InChI is InChI=1S/C17H29N5/c1-4-7-8-11-22(16(5-2)20-12-9-18-14-20)17(6-3)21-13-10-19-15-21/h9-10,12-17H,4-8,11H2,1-3H3. The topological polar surface area (TPSA) is 38.9 Å². The van der Waals surface area contributed by atoms with E-state index in [0.717, 1.165) is 19.4 Å². The van der Waals surface area contributed by atoms with Gasteiger partial charge >= 0.3 is 0 Å². The highest BCUT2D eigenvalue weighted by Crippen LogP contribution is 2.28. The van der Waals surface area contributed by atoms with E-state index in [4.69, 9.17) is 0 Å². The van der Waals surface area contributed by atoms with Gasteiger partial charge < -0.3 is 9.13 Å². The van der Waals surface area contributed by atoms with Crippen molar-refractivity contribution in [2.24, 2.45) is 0 Å². The second-order valence-corrected chi connectivity index (χ2v) is 5.74. The van der Waals surface area contributed by atoms with Crippen LogP contribution < -0.4 is 0 Å². The Bertz CT molecular complexity index is 449. The quantitative estimate of drug-likeness (QED) is 0.621. The highest BCUT2D eigenvalue weighted by atomic mass is 15.4. The molecule has 2 rings (SSSR count). The van der Waals surface area contributed by atoms with E-state index in [1.54, 1.807) is 0 Å². The lowest BCUT2D eigenvalue weighted by Gasteiger charge is -2.38. The molecule has 5 heteroatoms. The number of rotatable bonds is 10. The third-order valence-corrected chi connectivity index (χ3v) is 4.25. The van der Waals surface area contributed by atoms with Crippen molar-refractivity contribution in [2.75, 3.05) is 6.54 Å². The predicted octanol–water partition coefficient (Wildman–Crippen LogP) is 4.09. The van der Waals surface area contributed by atoms with Crippen molar-refractivity contribution >= 4 is 0 Å². The van der Waals surface area contributed by atoms with Crippen LogP contribution in [-0.4, -0.2) is 30.5 Å². The van der Waals surface area contributed by atoms with Crippen molar-refractivity contribution in [2.45, 2.75) is 65.2 Å². The van der Waals surface area contributed by atoms with E-state index < -0.39 is 0 Å². The van der Waals surface area contributed by atoms with Crippen LogP contribution in [0, 0.1) is 0 Å². The van der Waals surface area contributed by atoms with Crippen LogP contribution in [0.5, 0.6) is 0 Å². The second-order valence-electron chi connectivity index (χ2n) is 5.74. The largest absolute Gasteiger partial charge is 0.321 e. The number of imidazole rings is 2. The molecule has 0 fully saturated rings. The maximum atomic E-state index is 4.23. The Balaban J connectivity index is 2.23. The zero-order chi connectivity index (χ0) is 15.8. The third kappa shape index (κ3) is 3.97. The van der Waals surface area contributed by atoms with Crippen LogP contribution in [0.1, 0.15) is 65.2 Å². The van der Waals surface area contributed by atoms with Gasteiger partial charge in [0.25, 0.3) is 0 Å². The van der Waals surface area contributed by atoms with Crippen molar-refractivity contribution in [1.29, 1.82) is 0 Å². The highest BCUT2D eigenvalue weighted by Gasteiger charge is 2.25. The van der Waals surface area contributed by atoms with Gasteiger partial charge in [0, 0.05) is 31.3 Å². The predicted molar refractivity (Wildman–Crippen MR) is 89.3 cm³/mol. The van der Waals surface area contributed by atoms with E-state index >= 15 is 0 Å². The molecule has 2 unspecified atom stereocenters. The van der Waals surface area contributed by atoms with Gasteiger partial charge in [0.1, 0.15) is 0 Å². The van der Waals surface area contributed by atoms with Crippen molar-refractivity contribution < 1.29 is 0 Å². The first kappa shape index (κ1) is 16.7. The lowest BCUT2D eigenvalue weighted by atomic mass is 10.2. The molecule has 5 nitrogen and oxygen atoms in total. The zero-order valence-corrected chi connectivity index (χ0v) is 14.1. The minimum Gasteiger partial charge on any atom is -0.321 e. The number of unbranched alkanes of at least 4 members (excludes halogenated alkanes) is 2. The molecule has 0 saturated heterocycles. The maximum Gasteiger partial charge on any atom is 0.0959 e. The summed E-state index contributed by atoms with van der Waals surface area (Å²) in [5.41, 5.74) is 0. The Morgan fingerprint density at radius 2 is 1.41 bits per heavy atom. The molecule has 2 aromatic rings. The molecular formula is C17H29N5. The van der Waals surface area contributed by atoms with E-state index in [0.29, 0.717) is 12.3 Å². The highest BCUT2D eigenvalue weighted by molar-refractivity contribution is 4.85. The maximum absolute atomic E-state index is 4.23. The Hall–Kier alpha value is -1.62. The molecular weight excluding hydrogens is 274 g/mol. The fourth-order valence-corrected chi connectivity index (χ4v) is 3.17. The van der Waals surface area contributed by atoms with Crippen LogP contribution in [0.4, 0.5) is 0 Å². The van der Waals surface area contributed by atoms with E-state index in [9.17, 15) is 0 Å². The number of nitrogens with zero attached hydrogens (tertiary/aromatic N) is 5. The van der Waals surface area contributed by atoms with Crippen molar-refractivity contribution in [3.8, 4) is 0 Å². The summed E-state index contributed by atoms with van der Waals surface area (Å²) in [5, 5.41) is 0. The van der Waals surface area contributed by atoms with Gasteiger partial charge in [-0.2, -0.15) is 0 Å². The first-order valence-electron chi connectivity index (χ1n) is 8.52. The fraction of sp³-hybridized carbons (Fsp3) is 0.647. The van der Waals surface area contributed by atoms with Gasteiger partial charge in [0.2, 0.25) is 0 Å². The summed E-state index contributed by atoms with van der Waals surface area (Å²) >= 11 is 0. The molecule has 0 radical (unpaired) electrons. The molecule has 2 heterocycles. The van der Waals surface area contributed by atoms with E-state index in [1.807, 2.05) is 25.0 Å². The first-order chi connectivity index (χ1) is 10.8. The molecule has 0 saturated carbocycles. The lowest BCUT2D eigenvalue weighted by Crippen LogP contribution is -2.38. The summed E-state index contributed by atoms with van der Waals surface area (Å²) < 4.78 is 4.46. The number of hydrogen-bond acceptors (Lipinski definition) is 3. The van der Waals surface area contributed by atoms with Gasteiger partial charge in [-0.25, -0.2) is 9.97 Å². The summed E-state index contributed by atoms with van der Waals surface area (Å²) in [4.78, 5) is 11.1. The van der Waals surface area contributed by atoms with Crippen LogP contribution in [0.25, 0.3) is 0 Å². The van der Waals surface area contributed by atoms with Crippen LogP contribution >= 0.6 is 0 Å². The summed E-state index contributed by atoms with van der Waals surface area (Å²) in [6.07, 6.45) is 18.3. The lowest BCUT2D eigenvalue weighted by molar-refractivity contribution is 0.0386. The number of hydrogen-bond donors (Lipinski definition) is 0. The zero-order valence-electron chi connectivity index (χ0n) is 14.1. The molecule has 0 bridgehead atoms. The van der Waals surface area contributed by atoms with Gasteiger partial charge in [-0.1, -0.05) is 33.6 Å². The Morgan fingerprint density at radius 3 is 1.77 bits per heavy atom. The van der Waals surface area contributed by atoms with Crippen LogP contribution in [0.2, 0.25) is 0 Å². The van der Waals surface area contributed by atoms with Crippen LogP contribution in [0.3, 0.4) is 0 Å². The normalized spacial score (nSPS) is 14.4. The minimum absolute atomic E-state index is 0.340. The summed E-state index contributed by atoms with van der Waals surface area (Å²) in [6, 6.07) is 0. The van der Waals surface area contributed by atoms with Gasteiger partial charge in [0.05, 0.1) is 25.0 Å². The summed E-state index contributed by atoms with van der Waals surface area (Å²) in [7, 11) is 0. The van der Waals surface area contributed by atoms with Gasteiger partial charge in [-0.3, -0.25) is 4.90 Å². The van der Waals surface area contributed by atoms with Gasteiger partial charge in [-0.05, 0) is 19.3 Å². The Kier molecular flexibility index (Phi) is 6.65. The molecule has 0 spiro atoms. The van der Waals surface area contributed by atoms with Crippen LogP contribution in [0.15, 0.2) is 37.4 Å². The van der Waals surface area contributed by atoms with E-state index in [2.05, 4.69) is 57.2 Å². The fourth-order valence-electron chi connectivity index (χ4n) is 3.17. The van der Waals surface area contributed by atoms with Crippen molar-refractivity contribution in [1.82, 2.24) is 24.0 Å². The smallest absolute Gasteiger partial charge is 0.0959 e. The molecule has 2 atom stereocenters. The van der Waals surface area contributed by atoms with E-state index in [1.165, 1.54) is 19.3 Å². The molecule has 0 aliphatic carbocycles. The Morgan fingerprint density at radius 1 is 0.864 bits per heavy atom. The monoisotopic (exact) mass is 303 g/mol. The third-order valence-electron chi connectivity index (χ3n) is 4.25. The van der Waals surface area contributed by atoms with Crippen molar-refractivity contribution in [3.63, 3.8) is 0 Å². The second kappa shape index (κ2) is 8.73. The molecule has 0 amide bonds. The van der Waals surface area contributed by atoms with E-state index in [-0.39, 0.29) is 0 Å². The summed E-state index contributed by atoms with van der Waals surface area (Å²) in [6.45, 7) is 7.85. The average molecular weight is 303 g/mol. The molecule has 2 aromatic heterocycles. The number of aromatic nitrogens is 4. The first-order valence-corrected chi connectivity index (χ1v) is 8.52. The summed E-state index contributed by atoms with van der Waals surface area (Å²) in [5.74, 6) is 0. The molecule has 122 valence electrons. The molecule has 0 aliphatic rings. The molecule has 0 aromatic carbocycles. The SMILES string of the molecule is CCCCCN(C(CC)n1ccnc1)C(CC)n1ccnc1. The van der Waals surface area contributed by atoms with Gasteiger partial charge in [-0.15, -0.1) is 0 Å². The minimum atomic E-state index is 0.340. The van der Waals surface area contributed by atoms with Crippen LogP contribution in [-0.2, 0) is 0 Å². The van der Waals surface area contributed by atoms with Crippen molar-refractivity contribution in [3.05, 3.63) is 37.4 Å².